The van der Waals surface area contributed by atoms with E-state index in [9.17, 15) is 4.79 Å². The van der Waals surface area contributed by atoms with E-state index in [1.807, 2.05) is 0 Å². The van der Waals surface area contributed by atoms with Gasteiger partial charge in [-0.3, -0.25) is 0 Å². The van der Waals surface area contributed by atoms with Crippen molar-refractivity contribution in [3.05, 3.63) is 6.92 Å². The van der Waals surface area contributed by atoms with Gasteiger partial charge in [-0.25, -0.2) is 4.79 Å². The molecule has 0 atom stereocenters. The fourth-order valence-electron chi connectivity index (χ4n) is 0.123. The number of carbonyl (C=O) groups excluding carboxylic acids is 1. The number of hydrogen-bond acceptors (Lipinski definition) is 1. The maximum Gasteiger partial charge on any atom is 0.309 e. The number of rotatable bonds is 1. The van der Waals surface area contributed by atoms with Crippen molar-refractivity contribution in [1.82, 2.24) is 5.32 Å². The predicted octanol–water partition coefficient (Wildman–Crippen LogP) is -0.514. The van der Waals surface area contributed by atoms with Crippen molar-refractivity contribution in [3.63, 3.8) is 0 Å². The third-order valence-electron chi connectivity index (χ3n) is 0.299. The van der Waals surface area contributed by atoms with Gasteiger partial charge in [0.25, 0.3) is 0 Å². The molecule has 0 aliphatic heterocycles. The quantitative estimate of drug-likeness (QED) is 0.519. The van der Waals surface area contributed by atoms with E-state index in [0.29, 0.717) is 6.54 Å². The summed E-state index contributed by atoms with van der Waals surface area (Å²) >= 11 is 0. The molecule has 0 saturated carbocycles. The van der Waals surface area contributed by atoms with Crippen molar-refractivity contribution in [2.75, 3.05) is 6.54 Å². The van der Waals surface area contributed by atoms with Gasteiger partial charge in [0.05, 0.1) is 0 Å². The minimum absolute atomic E-state index is 0. The molecule has 0 aliphatic carbocycles. The van der Waals surface area contributed by atoms with E-state index >= 15 is 0 Å². The molecular formula is C3H7N2OY-. The van der Waals surface area contributed by atoms with Crippen LogP contribution >= 0.6 is 0 Å². The van der Waals surface area contributed by atoms with Crippen LogP contribution in [0.2, 0.25) is 0 Å². The predicted molar refractivity (Wildman–Crippen MR) is 22.9 cm³/mol. The van der Waals surface area contributed by atoms with Gasteiger partial charge in [-0.15, -0.1) is 6.54 Å². The summed E-state index contributed by atoms with van der Waals surface area (Å²) in [5.41, 5.74) is 4.61. The zero-order valence-electron chi connectivity index (χ0n) is 3.98. The van der Waals surface area contributed by atoms with E-state index in [2.05, 4.69) is 18.0 Å². The second-order valence-corrected chi connectivity index (χ2v) is 0.791. The SMILES string of the molecule is [CH2-]CNC(N)=O.[Y]. The number of carbonyl (C=O) groups is 1. The molecule has 0 saturated heterocycles. The molecular weight excluding hydrogens is 169 g/mol. The third-order valence-corrected chi connectivity index (χ3v) is 0.299. The number of primary amides is 1. The molecule has 0 aromatic heterocycles. The first kappa shape index (κ1) is 10.4. The zero-order chi connectivity index (χ0) is 4.99. The maximum absolute atomic E-state index is 9.67. The van der Waals surface area contributed by atoms with Gasteiger partial charge in [0.1, 0.15) is 0 Å². The van der Waals surface area contributed by atoms with Gasteiger partial charge in [-0.1, -0.05) is 0 Å². The third kappa shape index (κ3) is 10.7. The van der Waals surface area contributed by atoms with Crippen molar-refractivity contribution in [2.24, 2.45) is 5.73 Å². The summed E-state index contributed by atoms with van der Waals surface area (Å²) in [4.78, 5) is 9.67. The number of hydrogen-bond donors (Lipinski definition) is 2. The summed E-state index contributed by atoms with van der Waals surface area (Å²) in [7, 11) is 0. The van der Waals surface area contributed by atoms with Crippen LogP contribution in [0.25, 0.3) is 0 Å². The standard InChI is InChI=1S/C3H7N2O.Y/c1-2-5-3(4)6;/h1-2H2,(H3,4,5,6);/q-1;. The van der Waals surface area contributed by atoms with E-state index in [-0.39, 0.29) is 32.7 Å². The average molecular weight is 176 g/mol. The number of nitrogens with two attached hydrogens (primary N) is 1. The Labute approximate surface area is 67.9 Å². The van der Waals surface area contributed by atoms with Gasteiger partial charge in [-0.05, 0) is 0 Å². The van der Waals surface area contributed by atoms with Crippen LogP contribution in [0.15, 0.2) is 0 Å². The van der Waals surface area contributed by atoms with E-state index in [0.717, 1.165) is 0 Å². The van der Waals surface area contributed by atoms with Gasteiger partial charge in [0.2, 0.25) is 0 Å². The Balaban J connectivity index is 0. The Bertz CT molecular complexity index is 56.9. The summed E-state index contributed by atoms with van der Waals surface area (Å²) in [6.45, 7) is 3.67. The molecule has 0 rings (SSSR count). The molecule has 3 N–H and O–H groups in total. The average Bonchev–Trinajstić information content (AvgIpc) is 1.35. The topological polar surface area (TPSA) is 55.1 Å². The van der Waals surface area contributed by atoms with Crippen molar-refractivity contribution >= 4 is 6.03 Å². The fourth-order valence-corrected chi connectivity index (χ4v) is 0.123. The molecule has 3 nitrogen and oxygen atoms in total. The Morgan fingerprint density at radius 2 is 2.29 bits per heavy atom. The molecule has 7 heavy (non-hydrogen) atoms. The van der Waals surface area contributed by atoms with Crippen LogP contribution < -0.4 is 11.1 Å². The van der Waals surface area contributed by atoms with Crippen molar-refractivity contribution in [3.8, 4) is 0 Å². The molecule has 0 aliphatic rings. The smallest absolute Gasteiger partial charge is 0.309 e. The van der Waals surface area contributed by atoms with Crippen LogP contribution in [0.5, 0.6) is 0 Å². The zero-order valence-corrected chi connectivity index (χ0v) is 6.82. The van der Waals surface area contributed by atoms with Crippen molar-refractivity contribution in [1.29, 1.82) is 0 Å². The van der Waals surface area contributed by atoms with Crippen LogP contribution in [0.4, 0.5) is 4.79 Å². The summed E-state index contributed by atoms with van der Waals surface area (Å²) in [5.74, 6) is 0. The molecule has 0 heterocycles. The van der Waals surface area contributed by atoms with Gasteiger partial charge < -0.3 is 18.0 Å². The Hall–Kier alpha value is 0.374. The van der Waals surface area contributed by atoms with Gasteiger partial charge in [-0.2, -0.15) is 0 Å². The first-order valence-electron chi connectivity index (χ1n) is 1.60. The Morgan fingerprint density at radius 3 is 2.29 bits per heavy atom. The number of amides is 2. The summed E-state index contributed by atoms with van der Waals surface area (Å²) in [6.07, 6.45) is 0. The van der Waals surface area contributed by atoms with Gasteiger partial charge >= 0.3 is 6.03 Å². The maximum atomic E-state index is 9.67. The fraction of sp³-hybridized carbons (Fsp3) is 0.333. The molecule has 4 heteroatoms. The number of urea groups is 1. The van der Waals surface area contributed by atoms with Crippen LogP contribution in [0.3, 0.4) is 0 Å². The molecule has 39 valence electrons. The minimum Gasteiger partial charge on any atom is -0.368 e. The van der Waals surface area contributed by atoms with E-state index in [4.69, 9.17) is 0 Å². The van der Waals surface area contributed by atoms with Gasteiger partial charge in [0.15, 0.2) is 0 Å². The van der Waals surface area contributed by atoms with E-state index in [1.165, 1.54) is 0 Å². The molecule has 0 spiro atoms. The summed E-state index contributed by atoms with van der Waals surface area (Å²) in [6, 6.07) is -0.523. The molecule has 2 amide bonds. The Morgan fingerprint density at radius 1 is 1.86 bits per heavy atom. The monoisotopic (exact) mass is 176 g/mol. The molecule has 0 aromatic rings. The Kier molecular flexibility index (Phi) is 9.45. The van der Waals surface area contributed by atoms with Crippen LogP contribution in [-0.4, -0.2) is 12.6 Å². The summed E-state index contributed by atoms with van der Waals surface area (Å²) < 4.78 is 0. The van der Waals surface area contributed by atoms with Crippen LogP contribution in [-0.2, 0) is 32.7 Å². The largest absolute Gasteiger partial charge is 0.368 e. The number of nitrogens with one attached hydrogen (secondary N) is 1. The van der Waals surface area contributed by atoms with Crippen molar-refractivity contribution in [2.45, 2.75) is 0 Å². The van der Waals surface area contributed by atoms with Crippen molar-refractivity contribution < 1.29 is 37.5 Å². The first-order valence-corrected chi connectivity index (χ1v) is 1.60. The molecule has 0 aromatic carbocycles. The van der Waals surface area contributed by atoms with E-state index in [1.54, 1.807) is 0 Å². The molecule has 0 bridgehead atoms. The first-order chi connectivity index (χ1) is 2.77. The molecule has 1 radical (unpaired) electrons. The summed E-state index contributed by atoms with van der Waals surface area (Å²) in [5, 5.41) is 2.24. The normalized spacial score (nSPS) is 6.43. The van der Waals surface area contributed by atoms with Gasteiger partial charge in [0, 0.05) is 32.7 Å². The van der Waals surface area contributed by atoms with E-state index < -0.39 is 6.03 Å². The van der Waals surface area contributed by atoms with Crippen LogP contribution in [0, 0.1) is 6.92 Å². The minimum atomic E-state index is -0.523. The molecule has 0 unspecified atom stereocenters. The second kappa shape index (κ2) is 6.37. The second-order valence-electron chi connectivity index (χ2n) is 0.791. The molecule has 0 fully saturated rings. The van der Waals surface area contributed by atoms with Crippen LogP contribution in [0.1, 0.15) is 0 Å².